The van der Waals surface area contributed by atoms with E-state index in [-0.39, 0.29) is 24.8 Å². The molecule has 0 aromatic heterocycles. The van der Waals surface area contributed by atoms with Gasteiger partial charge in [0.2, 0.25) is 0 Å². The molecule has 0 aliphatic heterocycles. The number of nitrogen functional groups attached to an aromatic ring is 1. The number of hydrogen-bond donors (Lipinski definition) is 2. The molecule has 0 bridgehead atoms. The smallest absolute Gasteiger partial charge is 0.0346 e. The number of rotatable bonds is 1. The molecule has 0 aliphatic carbocycles. The van der Waals surface area contributed by atoms with Crippen molar-refractivity contribution in [1.29, 1.82) is 0 Å². The van der Waals surface area contributed by atoms with Crippen molar-refractivity contribution in [3.63, 3.8) is 0 Å². The summed E-state index contributed by atoms with van der Waals surface area (Å²) in [6, 6.07) is 7.94. The third-order valence-electron chi connectivity index (χ3n) is 1.44. The van der Waals surface area contributed by atoms with Crippen molar-refractivity contribution in [3.05, 3.63) is 29.8 Å². The molecule has 0 amide bonds. The van der Waals surface area contributed by atoms with Crippen molar-refractivity contribution in [2.45, 2.75) is 13.3 Å². The van der Waals surface area contributed by atoms with Crippen molar-refractivity contribution >= 4 is 30.5 Å². The molecule has 0 radical (unpaired) electrons. The van der Waals surface area contributed by atoms with Gasteiger partial charge in [0.05, 0.1) is 0 Å². The van der Waals surface area contributed by atoms with Crippen LogP contribution in [0.15, 0.2) is 24.3 Å². The Morgan fingerprint density at radius 3 is 1.85 bits per heavy atom. The average molecular weight is 225 g/mol. The molecule has 0 aliphatic rings. The minimum atomic E-state index is 0. The summed E-state index contributed by atoms with van der Waals surface area (Å²) >= 11 is 0. The Morgan fingerprint density at radius 2 is 1.54 bits per heavy atom. The van der Waals surface area contributed by atoms with Gasteiger partial charge in [-0.25, -0.2) is 0 Å². The molecule has 1 aromatic rings. The quantitative estimate of drug-likeness (QED) is 0.720. The summed E-state index contributed by atoms with van der Waals surface area (Å²) in [4.78, 5) is 0. The SMILES string of the molecule is CCc1ccccc1N.CN.Cl.Cl. The van der Waals surface area contributed by atoms with E-state index in [4.69, 9.17) is 5.73 Å². The van der Waals surface area contributed by atoms with Crippen molar-refractivity contribution in [1.82, 2.24) is 0 Å². The summed E-state index contributed by atoms with van der Waals surface area (Å²) in [5.41, 5.74) is 12.3. The van der Waals surface area contributed by atoms with Crippen molar-refractivity contribution in [3.8, 4) is 0 Å². The van der Waals surface area contributed by atoms with Crippen molar-refractivity contribution in [2.24, 2.45) is 5.73 Å². The first-order chi connectivity index (χ1) is 5.34. The summed E-state index contributed by atoms with van der Waals surface area (Å²) in [5.74, 6) is 0. The molecule has 0 saturated carbocycles. The van der Waals surface area contributed by atoms with E-state index in [0.29, 0.717) is 0 Å². The van der Waals surface area contributed by atoms with Gasteiger partial charge in [-0.1, -0.05) is 25.1 Å². The van der Waals surface area contributed by atoms with Gasteiger partial charge in [0, 0.05) is 5.69 Å². The molecule has 2 nitrogen and oxygen atoms in total. The summed E-state index contributed by atoms with van der Waals surface area (Å²) < 4.78 is 0. The van der Waals surface area contributed by atoms with E-state index in [1.165, 1.54) is 12.6 Å². The third-order valence-corrected chi connectivity index (χ3v) is 1.44. The Balaban J connectivity index is -0.000000234. The van der Waals surface area contributed by atoms with Crippen LogP contribution >= 0.6 is 24.8 Å². The lowest BCUT2D eigenvalue weighted by molar-refractivity contribution is 1.14. The maximum Gasteiger partial charge on any atom is 0.0346 e. The molecule has 0 spiro atoms. The van der Waals surface area contributed by atoms with Gasteiger partial charge in [-0.2, -0.15) is 0 Å². The number of halogens is 2. The first-order valence-electron chi connectivity index (χ1n) is 3.75. The normalized spacial score (nSPS) is 7.00. The van der Waals surface area contributed by atoms with E-state index in [1.807, 2.05) is 18.2 Å². The number of anilines is 1. The van der Waals surface area contributed by atoms with Gasteiger partial charge in [-0.15, -0.1) is 24.8 Å². The highest BCUT2D eigenvalue weighted by molar-refractivity contribution is 5.85. The molecule has 78 valence electrons. The number of aryl methyl sites for hydroxylation is 1. The second-order valence-electron chi connectivity index (χ2n) is 2.05. The summed E-state index contributed by atoms with van der Waals surface area (Å²) in [6.45, 7) is 2.10. The van der Waals surface area contributed by atoms with E-state index in [1.54, 1.807) is 0 Å². The zero-order valence-corrected chi connectivity index (χ0v) is 9.62. The van der Waals surface area contributed by atoms with E-state index in [0.717, 1.165) is 12.1 Å². The molecule has 0 heterocycles. The van der Waals surface area contributed by atoms with Gasteiger partial charge in [-0.3, -0.25) is 0 Å². The lowest BCUT2D eigenvalue weighted by Crippen LogP contribution is -1.90. The minimum Gasteiger partial charge on any atom is -0.399 e. The van der Waals surface area contributed by atoms with Crippen molar-refractivity contribution in [2.75, 3.05) is 12.8 Å². The van der Waals surface area contributed by atoms with Crippen LogP contribution in [-0.4, -0.2) is 7.05 Å². The van der Waals surface area contributed by atoms with E-state index in [9.17, 15) is 0 Å². The summed E-state index contributed by atoms with van der Waals surface area (Å²) in [6.07, 6.45) is 1.02. The summed E-state index contributed by atoms with van der Waals surface area (Å²) in [7, 11) is 1.50. The van der Waals surface area contributed by atoms with Gasteiger partial charge in [0.1, 0.15) is 0 Å². The fraction of sp³-hybridized carbons (Fsp3) is 0.333. The highest BCUT2D eigenvalue weighted by Gasteiger charge is 1.90. The maximum atomic E-state index is 5.63. The highest BCUT2D eigenvalue weighted by atomic mass is 35.5. The van der Waals surface area contributed by atoms with Crippen LogP contribution in [0, 0.1) is 0 Å². The molecule has 4 N–H and O–H groups in total. The van der Waals surface area contributed by atoms with E-state index in [2.05, 4.69) is 18.7 Å². The standard InChI is InChI=1S/C8H11N.CH5N.2ClH/c1-2-7-5-3-4-6-8(7)9;1-2;;/h3-6H,2,9H2,1H3;2H2,1H3;2*1H. The Bertz CT molecular complexity index is 205. The second kappa shape index (κ2) is 11.6. The third kappa shape index (κ3) is 6.70. The average Bonchev–Trinajstić information content (AvgIpc) is 2.09. The Hall–Kier alpha value is -0.440. The molecular weight excluding hydrogens is 207 g/mol. The zero-order valence-electron chi connectivity index (χ0n) is 7.99. The van der Waals surface area contributed by atoms with Gasteiger partial charge in [0.15, 0.2) is 0 Å². The fourth-order valence-electron chi connectivity index (χ4n) is 0.856. The van der Waals surface area contributed by atoms with Crippen LogP contribution in [0.1, 0.15) is 12.5 Å². The Kier molecular flexibility index (Phi) is 16.3. The van der Waals surface area contributed by atoms with Crippen LogP contribution in [0.5, 0.6) is 0 Å². The number of hydrogen-bond acceptors (Lipinski definition) is 2. The predicted octanol–water partition coefficient (Wildman–Crippen LogP) is 2.25. The molecule has 0 saturated heterocycles. The lowest BCUT2D eigenvalue weighted by Gasteiger charge is -1.98. The largest absolute Gasteiger partial charge is 0.399 e. The Labute approximate surface area is 92.5 Å². The topological polar surface area (TPSA) is 52.0 Å². The number of benzene rings is 1. The molecule has 4 heteroatoms. The molecule has 0 unspecified atom stereocenters. The van der Waals surface area contributed by atoms with E-state index >= 15 is 0 Å². The highest BCUT2D eigenvalue weighted by Crippen LogP contribution is 2.09. The minimum absolute atomic E-state index is 0. The van der Waals surface area contributed by atoms with Crippen LogP contribution in [0.3, 0.4) is 0 Å². The molecule has 1 rings (SSSR count). The first kappa shape index (κ1) is 18.4. The zero-order chi connectivity index (χ0) is 8.69. The van der Waals surface area contributed by atoms with Crippen LogP contribution in [0.4, 0.5) is 5.69 Å². The predicted molar refractivity (Wildman–Crippen MR) is 64.8 cm³/mol. The van der Waals surface area contributed by atoms with Crippen molar-refractivity contribution < 1.29 is 0 Å². The van der Waals surface area contributed by atoms with E-state index < -0.39 is 0 Å². The van der Waals surface area contributed by atoms with Crippen LogP contribution in [-0.2, 0) is 6.42 Å². The van der Waals surface area contributed by atoms with Crippen LogP contribution in [0.2, 0.25) is 0 Å². The van der Waals surface area contributed by atoms with Crippen LogP contribution in [0.25, 0.3) is 0 Å². The van der Waals surface area contributed by atoms with Gasteiger partial charge in [-0.05, 0) is 25.1 Å². The fourth-order valence-corrected chi connectivity index (χ4v) is 0.856. The second-order valence-corrected chi connectivity index (χ2v) is 2.05. The number of para-hydroxylation sites is 1. The summed E-state index contributed by atoms with van der Waals surface area (Å²) in [5, 5.41) is 0. The molecule has 1 aromatic carbocycles. The monoisotopic (exact) mass is 224 g/mol. The first-order valence-corrected chi connectivity index (χ1v) is 3.75. The van der Waals surface area contributed by atoms with Gasteiger partial charge in [0.25, 0.3) is 0 Å². The molecule has 0 atom stereocenters. The number of nitrogens with two attached hydrogens (primary N) is 2. The Morgan fingerprint density at radius 1 is 1.08 bits per heavy atom. The molecular formula is C9H18Cl2N2. The maximum absolute atomic E-state index is 5.63. The van der Waals surface area contributed by atoms with Gasteiger partial charge >= 0.3 is 0 Å². The van der Waals surface area contributed by atoms with Gasteiger partial charge < -0.3 is 11.5 Å². The molecule has 0 fully saturated rings. The van der Waals surface area contributed by atoms with Crippen LogP contribution < -0.4 is 11.5 Å². The lowest BCUT2D eigenvalue weighted by atomic mass is 10.1. The molecule has 13 heavy (non-hydrogen) atoms.